The molecule has 0 fully saturated rings. The molecule has 0 radical (unpaired) electrons. The standard InChI is InChI=1S/C23H23NO3S2/c1-26-17-11-14-8-9-24(23(25)21-12-15-5-3-6-19(15)29-21)22(20-7-4-10-28-20)16(14)13-18(17)27-2/h4,7,10-13,22H,3,5-6,8-9H2,1-2H3/t22-/m1/s1. The molecule has 1 amide bonds. The summed E-state index contributed by atoms with van der Waals surface area (Å²) in [4.78, 5) is 19.1. The van der Waals surface area contributed by atoms with Crippen molar-refractivity contribution in [3.63, 3.8) is 0 Å². The predicted molar refractivity (Wildman–Crippen MR) is 117 cm³/mol. The lowest BCUT2D eigenvalue weighted by atomic mass is 9.90. The Morgan fingerprint density at radius 1 is 1.07 bits per heavy atom. The van der Waals surface area contributed by atoms with Gasteiger partial charge in [-0.2, -0.15) is 0 Å². The van der Waals surface area contributed by atoms with Crippen molar-refractivity contribution in [2.24, 2.45) is 0 Å². The normalized spacial score (nSPS) is 17.7. The Labute approximate surface area is 178 Å². The maximum absolute atomic E-state index is 13.6. The van der Waals surface area contributed by atoms with E-state index in [0.29, 0.717) is 12.3 Å². The molecule has 29 heavy (non-hydrogen) atoms. The van der Waals surface area contributed by atoms with Crippen molar-refractivity contribution in [3.05, 3.63) is 67.0 Å². The van der Waals surface area contributed by atoms with E-state index >= 15 is 0 Å². The molecule has 1 atom stereocenters. The molecule has 3 heterocycles. The van der Waals surface area contributed by atoms with Gasteiger partial charge in [-0.05, 0) is 72.0 Å². The summed E-state index contributed by atoms with van der Waals surface area (Å²) in [5.41, 5.74) is 3.72. The highest BCUT2D eigenvalue weighted by Crippen LogP contribution is 2.43. The topological polar surface area (TPSA) is 38.8 Å². The summed E-state index contributed by atoms with van der Waals surface area (Å²) in [6.07, 6.45) is 4.25. The van der Waals surface area contributed by atoms with E-state index in [1.54, 1.807) is 36.9 Å². The van der Waals surface area contributed by atoms with Crippen LogP contribution in [0.15, 0.2) is 35.7 Å². The number of benzene rings is 1. The van der Waals surface area contributed by atoms with Crippen LogP contribution in [-0.4, -0.2) is 31.6 Å². The number of hydrogen-bond donors (Lipinski definition) is 0. The van der Waals surface area contributed by atoms with Crippen LogP contribution in [0.5, 0.6) is 11.5 Å². The van der Waals surface area contributed by atoms with E-state index in [-0.39, 0.29) is 11.9 Å². The van der Waals surface area contributed by atoms with E-state index in [2.05, 4.69) is 29.6 Å². The fourth-order valence-corrected chi connectivity index (χ4v) is 6.56. The van der Waals surface area contributed by atoms with Gasteiger partial charge in [0, 0.05) is 16.3 Å². The molecule has 0 saturated heterocycles. The zero-order chi connectivity index (χ0) is 20.0. The Kier molecular flexibility index (Phi) is 4.84. The third-order valence-corrected chi connectivity index (χ3v) is 8.05. The second-order valence-electron chi connectivity index (χ2n) is 7.49. The summed E-state index contributed by atoms with van der Waals surface area (Å²) < 4.78 is 11.1. The molecular formula is C23H23NO3S2. The van der Waals surface area contributed by atoms with Crippen LogP contribution in [0.3, 0.4) is 0 Å². The van der Waals surface area contributed by atoms with E-state index in [4.69, 9.17) is 9.47 Å². The van der Waals surface area contributed by atoms with Crippen LogP contribution in [0.25, 0.3) is 0 Å². The van der Waals surface area contributed by atoms with Crippen molar-refractivity contribution in [1.29, 1.82) is 0 Å². The van der Waals surface area contributed by atoms with Gasteiger partial charge >= 0.3 is 0 Å². The number of rotatable bonds is 4. The van der Waals surface area contributed by atoms with Gasteiger partial charge in [-0.3, -0.25) is 4.79 Å². The molecule has 2 aliphatic rings. The zero-order valence-electron chi connectivity index (χ0n) is 16.6. The largest absolute Gasteiger partial charge is 0.493 e. The molecule has 5 rings (SSSR count). The molecule has 4 nitrogen and oxygen atoms in total. The lowest BCUT2D eigenvalue weighted by Gasteiger charge is -2.37. The lowest BCUT2D eigenvalue weighted by Crippen LogP contribution is -2.40. The minimum atomic E-state index is -0.0944. The van der Waals surface area contributed by atoms with Crippen LogP contribution >= 0.6 is 22.7 Å². The summed E-state index contributed by atoms with van der Waals surface area (Å²) in [6, 6.07) is 10.3. The minimum Gasteiger partial charge on any atom is -0.493 e. The van der Waals surface area contributed by atoms with Crippen molar-refractivity contribution in [2.75, 3.05) is 20.8 Å². The quantitative estimate of drug-likeness (QED) is 0.584. The van der Waals surface area contributed by atoms with Gasteiger partial charge < -0.3 is 14.4 Å². The van der Waals surface area contributed by atoms with E-state index in [9.17, 15) is 4.79 Å². The first-order valence-corrected chi connectivity index (χ1v) is 11.6. The first-order chi connectivity index (χ1) is 14.2. The Morgan fingerprint density at radius 2 is 1.90 bits per heavy atom. The molecule has 0 N–H and O–H groups in total. The molecule has 150 valence electrons. The van der Waals surface area contributed by atoms with Gasteiger partial charge in [0.15, 0.2) is 11.5 Å². The number of methoxy groups -OCH3 is 2. The molecule has 2 aromatic heterocycles. The maximum Gasteiger partial charge on any atom is 0.264 e. The molecule has 0 bridgehead atoms. The number of fused-ring (bicyclic) bond motifs is 2. The number of thiophene rings is 2. The monoisotopic (exact) mass is 425 g/mol. The summed E-state index contributed by atoms with van der Waals surface area (Å²) in [6.45, 7) is 0.701. The first kappa shape index (κ1) is 18.7. The Morgan fingerprint density at radius 3 is 2.62 bits per heavy atom. The van der Waals surface area contributed by atoms with Crippen molar-refractivity contribution in [1.82, 2.24) is 4.90 Å². The number of aryl methyl sites for hydroxylation is 2. The van der Waals surface area contributed by atoms with Crippen molar-refractivity contribution in [2.45, 2.75) is 31.7 Å². The molecule has 0 spiro atoms. The molecule has 1 aliphatic carbocycles. The molecule has 6 heteroatoms. The predicted octanol–water partition coefficient (Wildman–Crippen LogP) is 5.10. The average Bonchev–Trinajstić information content (AvgIpc) is 3.48. The minimum absolute atomic E-state index is 0.0944. The van der Waals surface area contributed by atoms with Gasteiger partial charge in [-0.1, -0.05) is 6.07 Å². The van der Waals surface area contributed by atoms with Crippen molar-refractivity contribution in [3.8, 4) is 11.5 Å². The highest BCUT2D eigenvalue weighted by Gasteiger charge is 2.35. The van der Waals surface area contributed by atoms with Crippen molar-refractivity contribution < 1.29 is 14.3 Å². The highest BCUT2D eigenvalue weighted by atomic mass is 32.1. The summed E-state index contributed by atoms with van der Waals surface area (Å²) in [5.74, 6) is 1.59. The number of nitrogens with zero attached hydrogens (tertiary/aromatic N) is 1. The van der Waals surface area contributed by atoms with Crippen molar-refractivity contribution >= 4 is 28.6 Å². The fraction of sp³-hybridized carbons (Fsp3) is 0.348. The van der Waals surface area contributed by atoms with Crippen LogP contribution in [0, 0.1) is 0 Å². The average molecular weight is 426 g/mol. The van der Waals surface area contributed by atoms with Gasteiger partial charge in [0.25, 0.3) is 5.91 Å². The third-order valence-electron chi connectivity index (χ3n) is 5.90. The Hall–Kier alpha value is -2.31. The van der Waals surface area contributed by atoms with Crippen LogP contribution in [0.1, 0.15) is 48.6 Å². The molecule has 1 aromatic carbocycles. The number of amides is 1. The summed E-state index contributed by atoms with van der Waals surface area (Å²) >= 11 is 3.38. The SMILES string of the molecule is COc1cc2c(cc1OC)[C@H](c1cccs1)N(C(=O)c1cc3c(s1)CCC3)CC2. The lowest BCUT2D eigenvalue weighted by molar-refractivity contribution is 0.0702. The summed E-state index contributed by atoms with van der Waals surface area (Å²) in [5, 5.41) is 2.08. The molecular weight excluding hydrogens is 402 g/mol. The first-order valence-electron chi connectivity index (χ1n) is 9.90. The van der Waals surface area contributed by atoms with E-state index < -0.39 is 0 Å². The Balaban J connectivity index is 1.58. The van der Waals surface area contributed by atoms with E-state index in [1.807, 2.05) is 11.0 Å². The number of carbonyl (C=O) groups excluding carboxylic acids is 1. The van der Waals surface area contributed by atoms with Gasteiger partial charge in [0.05, 0.1) is 25.1 Å². The molecule has 0 unspecified atom stereocenters. The van der Waals surface area contributed by atoms with Gasteiger partial charge in [0.1, 0.15) is 0 Å². The molecule has 3 aromatic rings. The Bertz CT molecular complexity index is 1030. The fourth-order valence-electron chi connectivity index (χ4n) is 4.49. The van der Waals surface area contributed by atoms with Gasteiger partial charge in [-0.15, -0.1) is 22.7 Å². The number of carbonyl (C=O) groups is 1. The molecule has 0 saturated carbocycles. The zero-order valence-corrected chi connectivity index (χ0v) is 18.2. The second kappa shape index (κ2) is 7.50. The van der Waals surface area contributed by atoms with Crippen LogP contribution in [0.4, 0.5) is 0 Å². The number of ether oxygens (including phenoxy) is 2. The highest BCUT2D eigenvalue weighted by molar-refractivity contribution is 7.14. The van der Waals surface area contributed by atoms with Crippen LogP contribution in [0.2, 0.25) is 0 Å². The maximum atomic E-state index is 13.6. The molecule has 1 aliphatic heterocycles. The van der Waals surface area contributed by atoms with E-state index in [0.717, 1.165) is 35.5 Å². The smallest absolute Gasteiger partial charge is 0.264 e. The third kappa shape index (κ3) is 3.15. The van der Waals surface area contributed by atoms with Gasteiger partial charge in [0.2, 0.25) is 0 Å². The number of hydrogen-bond acceptors (Lipinski definition) is 5. The van der Waals surface area contributed by atoms with E-state index in [1.165, 1.54) is 27.3 Å². The van der Waals surface area contributed by atoms with Crippen LogP contribution in [-0.2, 0) is 19.3 Å². The van der Waals surface area contributed by atoms with Gasteiger partial charge in [-0.25, -0.2) is 0 Å². The summed E-state index contributed by atoms with van der Waals surface area (Å²) in [7, 11) is 3.32. The van der Waals surface area contributed by atoms with Crippen LogP contribution < -0.4 is 9.47 Å². The second-order valence-corrected chi connectivity index (χ2v) is 9.60.